The van der Waals surface area contributed by atoms with Crippen molar-refractivity contribution in [1.82, 2.24) is 10.2 Å². The van der Waals surface area contributed by atoms with Gasteiger partial charge in [0.15, 0.2) is 0 Å². The molecule has 1 heterocycles. The lowest BCUT2D eigenvalue weighted by Crippen LogP contribution is -2.68. The van der Waals surface area contributed by atoms with Crippen LogP contribution in [0.3, 0.4) is 0 Å². The summed E-state index contributed by atoms with van der Waals surface area (Å²) in [7, 11) is 1.64. The standard InChI is InChI=1S/C13H24N2O3/c1-5-7-10-11(16)14-13(2,3)12(17)15(10)8-6-9-18-4/h10H,5-9H2,1-4H3,(H,14,16). The molecule has 104 valence electrons. The molecule has 1 aliphatic rings. The highest BCUT2D eigenvalue weighted by Gasteiger charge is 2.44. The summed E-state index contributed by atoms with van der Waals surface area (Å²) in [5.74, 6) is -0.0458. The fourth-order valence-corrected chi connectivity index (χ4v) is 2.28. The van der Waals surface area contributed by atoms with E-state index in [2.05, 4.69) is 5.32 Å². The molecular weight excluding hydrogens is 232 g/mol. The Hall–Kier alpha value is -1.10. The van der Waals surface area contributed by atoms with Gasteiger partial charge in [-0.3, -0.25) is 9.59 Å². The number of carbonyl (C=O) groups is 2. The first-order valence-electron chi connectivity index (χ1n) is 6.56. The summed E-state index contributed by atoms with van der Waals surface area (Å²) in [5.41, 5.74) is -0.797. The zero-order valence-corrected chi connectivity index (χ0v) is 11.8. The molecule has 0 saturated carbocycles. The van der Waals surface area contributed by atoms with Gasteiger partial charge in [0.05, 0.1) is 0 Å². The van der Waals surface area contributed by atoms with Crippen molar-refractivity contribution < 1.29 is 14.3 Å². The maximum atomic E-state index is 12.3. The number of nitrogens with zero attached hydrogens (tertiary/aromatic N) is 1. The van der Waals surface area contributed by atoms with Crippen LogP contribution in [-0.4, -0.2) is 48.6 Å². The van der Waals surface area contributed by atoms with Crippen molar-refractivity contribution in [2.75, 3.05) is 20.3 Å². The summed E-state index contributed by atoms with van der Waals surface area (Å²) in [4.78, 5) is 26.1. The topological polar surface area (TPSA) is 58.6 Å². The first-order chi connectivity index (χ1) is 8.44. The Labute approximate surface area is 109 Å². The highest BCUT2D eigenvalue weighted by atomic mass is 16.5. The van der Waals surface area contributed by atoms with Crippen LogP contribution in [0.1, 0.15) is 40.0 Å². The molecule has 0 radical (unpaired) electrons. The molecule has 0 aromatic rings. The summed E-state index contributed by atoms with van der Waals surface area (Å²) in [6.45, 7) is 6.70. The van der Waals surface area contributed by atoms with Crippen molar-refractivity contribution in [2.45, 2.75) is 51.6 Å². The van der Waals surface area contributed by atoms with Crippen LogP contribution in [-0.2, 0) is 14.3 Å². The average Bonchev–Trinajstić information content (AvgIpc) is 2.29. The second-order valence-electron chi connectivity index (χ2n) is 5.26. The quantitative estimate of drug-likeness (QED) is 0.719. The largest absolute Gasteiger partial charge is 0.385 e. The van der Waals surface area contributed by atoms with E-state index >= 15 is 0 Å². The smallest absolute Gasteiger partial charge is 0.248 e. The fraction of sp³-hybridized carbons (Fsp3) is 0.846. The normalized spacial score (nSPS) is 23.1. The maximum absolute atomic E-state index is 12.3. The van der Waals surface area contributed by atoms with Gasteiger partial charge < -0.3 is 15.0 Å². The van der Waals surface area contributed by atoms with Gasteiger partial charge in [0.1, 0.15) is 11.6 Å². The number of hydrogen-bond acceptors (Lipinski definition) is 3. The lowest BCUT2D eigenvalue weighted by Gasteiger charge is -2.42. The molecule has 0 aromatic heterocycles. The molecule has 0 bridgehead atoms. The Balaban J connectivity index is 2.80. The molecule has 1 aliphatic heterocycles. The minimum Gasteiger partial charge on any atom is -0.385 e. The number of nitrogens with one attached hydrogen (secondary N) is 1. The van der Waals surface area contributed by atoms with Crippen LogP contribution in [0.25, 0.3) is 0 Å². The number of piperazine rings is 1. The highest BCUT2D eigenvalue weighted by Crippen LogP contribution is 2.21. The van der Waals surface area contributed by atoms with E-state index in [4.69, 9.17) is 4.74 Å². The van der Waals surface area contributed by atoms with Crippen molar-refractivity contribution in [3.63, 3.8) is 0 Å². The van der Waals surface area contributed by atoms with Crippen LogP contribution in [0.5, 0.6) is 0 Å². The summed E-state index contributed by atoms with van der Waals surface area (Å²) in [6, 6.07) is -0.326. The number of amides is 2. The van der Waals surface area contributed by atoms with Gasteiger partial charge >= 0.3 is 0 Å². The zero-order chi connectivity index (χ0) is 13.8. The van der Waals surface area contributed by atoms with E-state index in [1.807, 2.05) is 6.92 Å². The predicted molar refractivity (Wildman–Crippen MR) is 69.1 cm³/mol. The zero-order valence-electron chi connectivity index (χ0n) is 11.8. The SMILES string of the molecule is CCCC1C(=O)NC(C)(C)C(=O)N1CCCOC. The Morgan fingerprint density at radius 2 is 2.06 bits per heavy atom. The van der Waals surface area contributed by atoms with Crippen molar-refractivity contribution in [1.29, 1.82) is 0 Å². The molecule has 5 nitrogen and oxygen atoms in total. The maximum Gasteiger partial charge on any atom is 0.248 e. The van der Waals surface area contributed by atoms with Gasteiger partial charge in [-0.2, -0.15) is 0 Å². The third-order valence-corrected chi connectivity index (χ3v) is 3.22. The molecule has 18 heavy (non-hydrogen) atoms. The lowest BCUT2D eigenvalue weighted by molar-refractivity contribution is -0.154. The Kier molecular flexibility index (Phi) is 5.14. The average molecular weight is 256 g/mol. The number of methoxy groups -OCH3 is 1. The van der Waals surface area contributed by atoms with Gasteiger partial charge in [0, 0.05) is 20.3 Å². The minimum atomic E-state index is -0.797. The lowest BCUT2D eigenvalue weighted by atomic mass is 9.94. The van der Waals surface area contributed by atoms with Crippen LogP contribution in [0.4, 0.5) is 0 Å². The van der Waals surface area contributed by atoms with E-state index in [1.165, 1.54) is 0 Å². The molecule has 5 heteroatoms. The Bertz CT molecular complexity index is 315. The monoisotopic (exact) mass is 256 g/mol. The van der Waals surface area contributed by atoms with Gasteiger partial charge in [0.25, 0.3) is 0 Å². The van der Waals surface area contributed by atoms with E-state index in [0.29, 0.717) is 19.6 Å². The van der Waals surface area contributed by atoms with Crippen molar-refractivity contribution in [3.8, 4) is 0 Å². The van der Waals surface area contributed by atoms with Crippen LogP contribution in [0.15, 0.2) is 0 Å². The summed E-state index contributed by atoms with van der Waals surface area (Å²) >= 11 is 0. The van der Waals surface area contributed by atoms with E-state index in [9.17, 15) is 9.59 Å². The Morgan fingerprint density at radius 1 is 1.39 bits per heavy atom. The fourth-order valence-electron chi connectivity index (χ4n) is 2.28. The van der Waals surface area contributed by atoms with Crippen LogP contribution < -0.4 is 5.32 Å². The Morgan fingerprint density at radius 3 is 2.61 bits per heavy atom. The molecule has 1 fully saturated rings. The third-order valence-electron chi connectivity index (χ3n) is 3.22. The van der Waals surface area contributed by atoms with Crippen molar-refractivity contribution in [3.05, 3.63) is 0 Å². The second kappa shape index (κ2) is 6.18. The molecule has 2 amide bonds. The summed E-state index contributed by atoms with van der Waals surface area (Å²) < 4.78 is 5.00. The van der Waals surface area contributed by atoms with E-state index in [0.717, 1.165) is 12.8 Å². The van der Waals surface area contributed by atoms with Gasteiger partial charge in [-0.15, -0.1) is 0 Å². The molecular formula is C13H24N2O3. The van der Waals surface area contributed by atoms with E-state index < -0.39 is 5.54 Å². The molecule has 1 N–H and O–H groups in total. The molecule has 1 saturated heterocycles. The van der Waals surface area contributed by atoms with Crippen LogP contribution >= 0.6 is 0 Å². The number of rotatable bonds is 6. The van der Waals surface area contributed by atoms with E-state index in [-0.39, 0.29) is 17.9 Å². The summed E-state index contributed by atoms with van der Waals surface area (Å²) in [6.07, 6.45) is 2.35. The number of hydrogen-bond donors (Lipinski definition) is 1. The number of ether oxygens (including phenoxy) is 1. The van der Waals surface area contributed by atoms with Crippen LogP contribution in [0.2, 0.25) is 0 Å². The number of carbonyl (C=O) groups excluding carboxylic acids is 2. The van der Waals surface area contributed by atoms with Gasteiger partial charge in [-0.1, -0.05) is 13.3 Å². The predicted octanol–water partition coefficient (Wildman–Crippen LogP) is 0.929. The molecule has 0 aromatic carbocycles. The summed E-state index contributed by atoms with van der Waals surface area (Å²) in [5, 5.41) is 2.80. The van der Waals surface area contributed by atoms with Gasteiger partial charge in [0.2, 0.25) is 11.8 Å². The van der Waals surface area contributed by atoms with Crippen molar-refractivity contribution in [2.24, 2.45) is 0 Å². The van der Waals surface area contributed by atoms with Crippen LogP contribution in [0, 0.1) is 0 Å². The first kappa shape index (κ1) is 15.0. The molecule has 1 unspecified atom stereocenters. The minimum absolute atomic E-state index is 0.00310. The molecule has 1 rings (SSSR count). The molecule has 0 aliphatic carbocycles. The highest BCUT2D eigenvalue weighted by molar-refractivity contribution is 5.99. The third kappa shape index (κ3) is 3.22. The second-order valence-corrected chi connectivity index (χ2v) is 5.26. The van der Waals surface area contributed by atoms with E-state index in [1.54, 1.807) is 25.9 Å². The van der Waals surface area contributed by atoms with Crippen molar-refractivity contribution >= 4 is 11.8 Å². The first-order valence-corrected chi connectivity index (χ1v) is 6.56. The molecule has 1 atom stereocenters. The van der Waals surface area contributed by atoms with Gasteiger partial charge in [-0.25, -0.2) is 0 Å². The van der Waals surface area contributed by atoms with Gasteiger partial charge in [-0.05, 0) is 26.7 Å². The molecule has 0 spiro atoms.